The summed E-state index contributed by atoms with van der Waals surface area (Å²) in [5.74, 6) is 2.15. The molecule has 0 aromatic carbocycles. The Kier molecular flexibility index (Phi) is 10.8. The van der Waals surface area contributed by atoms with E-state index in [4.69, 9.17) is 4.99 Å². The minimum Gasteiger partial charge on any atom is -0.357 e. The number of nitrogens with one attached hydrogen (secondary N) is 1. The molecule has 1 saturated heterocycles. The van der Waals surface area contributed by atoms with Gasteiger partial charge >= 0.3 is 0 Å². The zero-order chi connectivity index (χ0) is 16.3. The van der Waals surface area contributed by atoms with Crippen molar-refractivity contribution in [1.29, 1.82) is 0 Å². The van der Waals surface area contributed by atoms with Crippen molar-refractivity contribution in [3.8, 4) is 0 Å². The zero-order valence-electron chi connectivity index (χ0n) is 15.1. The molecule has 5 nitrogen and oxygen atoms in total. The summed E-state index contributed by atoms with van der Waals surface area (Å²) in [6, 6.07) is 6.10. The van der Waals surface area contributed by atoms with Crippen molar-refractivity contribution in [2.45, 2.75) is 39.5 Å². The zero-order valence-corrected chi connectivity index (χ0v) is 17.4. The lowest BCUT2D eigenvalue weighted by Gasteiger charge is -2.37. The number of unbranched alkanes of at least 4 members (excludes halogenated alkanes) is 3. The topological polar surface area (TPSA) is 43.8 Å². The lowest BCUT2D eigenvalue weighted by atomic mass is 10.2. The number of anilines is 1. The van der Waals surface area contributed by atoms with Gasteiger partial charge in [-0.25, -0.2) is 4.98 Å². The average Bonchev–Trinajstić information content (AvgIpc) is 2.61. The number of rotatable bonds is 7. The molecule has 1 aliphatic heterocycles. The summed E-state index contributed by atoms with van der Waals surface area (Å²) in [6.07, 6.45) is 6.93. The Labute approximate surface area is 163 Å². The maximum absolute atomic E-state index is 4.80. The number of halogens is 1. The van der Waals surface area contributed by atoms with Crippen LogP contribution in [0.3, 0.4) is 0 Å². The van der Waals surface area contributed by atoms with E-state index >= 15 is 0 Å². The Morgan fingerprint density at radius 2 is 1.92 bits per heavy atom. The molecular formula is C18H32IN5. The van der Waals surface area contributed by atoms with Crippen molar-refractivity contribution in [1.82, 2.24) is 15.2 Å². The van der Waals surface area contributed by atoms with Crippen LogP contribution in [0.25, 0.3) is 0 Å². The van der Waals surface area contributed by atoms with Gasteiger partial charge in [0.05, 0.1) is 0 Å². The van der Waals surface area contributed by atoms with E-state index in [0.29, 0.717) is 0 Å². The van der Waals surface area contributed by atoms with Crippen molar-refractivity contribution >= 4 is 35.8 Å². The van der Waals surface area contributed by atoms with Crippen molar-refractivity contribution in [2.75, 3.05) is 44.2 Å². The van der Waals surface area contributed by atoms with Gasteiger partial charge in [0.2, 0.25) is 0 Å². The first-order valence-corrected chi connectivity index (χ1v) is 9.04. The molecule has 1 aromatic heterocycles. The third-order valence-corrected chi connectivity index (χ3v) is 4.16. The molecule has 0 unspecified atom stereocenters. The quantitative estimate of drug-likeness (QED) is 0.303. The molecule has 136 valence electrons. The SMILES string of the molecule is CCCCCCN=C(NCC)N1CCN(c2ccccn2)CC1.I. The molecule has 0 spiro atoms. The van der Waals surface area contributed by atoms with Gasteiger partial charge in [0.1, 0.15) is 5.82 Å². The summed E-state index contributed by atoms with van der Waals surface area (Å²) in [7, 11) is 0. The van der Waals surface area contributed by atoms with Crippen molar-refractivity contribution in [3.05, 3.63) is 24.4 Å². The number of nitrogens with zero attached hydrogens (tertiary/aromatic N) is 4. The monoisotopic (exact) mass is 445 g/mol. The Balaban J connectivity index is 0.00000288. The van der Waals surface area contributed by atoms with Crippen molar-refractivity contribution < 1.29 is 0 Å². The minimum absolute atomic E-state index is 0. The fourth-order valence-electron chi connectivity index (χ4n) is 2.84. The van der Waals surface area contributed by atoms with E-state index < -0.39 is 0 Å². The molecule has 2 rings (SSSR count). The molecule has 1 N–H and O–H groups in total. The molecule has 0 amide bonds. The van der Waals surface area contributed by atoms with Gasteiger partial charge in [0, 0.05) is 45.5 Å². The van der Waals surface area contributed by atoms with E-state index in [9.17, 15) is 0 Å². The molecule has 6 heteroatoms. The molecule has 1 aliphatic rings. The standard InChI is InChI=1S/C18H31N5.HI/c1-3-5-6-8-12-21-18(19-4-2)23-15-13-22(14-16-23)17-10-7-9-11-20-17;/h7,9-11H,3-6,8,12-16H2,1-2H3,(H,19,21);1H. The molecule has 24 heavy (non-hydrogen) atoms. The number of pyridine rings is 1. The van der Waals surface area contributed by atoms with E-state index in [1.165, 1.54) is 25.7 Å². The van der Waals surface area contributed by atoms with E-state index in [0.717, 1.165) is 51.0 Å². The number of aliphatic imine (C=N–C) groups is 1. The van der Waals surface area contributed by atoms with Crippen molar-refractivity contribution in [3.63, 3.8) is 0 Å². The maximum atomic E-state index is 4.80. The van der Waals surface area contributed by atoms with Gasteiger partial charge in [0.25, 0.3) is 0 Å². The predicted molar refractivity (Wildman–Crippen MR) is 114 cm³/mol. The van der Waals surface area contributed by atoms with Crippen molar-refractivity contribution in [2.24, 2.45) is 4.99 Å². The summed E-state index contributed by atoms with van der Waals surface area (Å²) in [5.41, 5.74) is 0. The van der Waals surface area contributed by atoms with Crippen LogP contribution in [0.4, 0.5) is 5.82 Å². The van der Waals surface area contributed by atoms with E-state index in [1.807, 2.05) is 12.3 Å². The highest BCUT2D eigenvalue weighted by Crippen LogP contribution is 2.12. The van der Waals surface area contributed by atoms with Gasteiger partial charge in [-0.05, 0) is 25.5 Å². The van der Waals surface area contributed by atoms with Crippen LogP contribution >= 0.6 is 24.0 Å². The second kappa shape index (κ2) is 12.3. The van der Waals surface area contributed by atoms with E-state index in [-0.39, 0.29) is 24.0 Å². The summed E-state index contributed by atoms with van der Waals surface area (Å²) in [6.45, 7) is 10.2. The fraction of sp³-hybridized carbons (Fsp3) is 0.667. The van der Waals surface area contributed by atoms with E-state index in [1.54, 1.807) is 0 Å². The highest BCUT2D eigenvalue weighted by atomic mass is 127. The summed E-state index contributed by atoms with van der Waals surface area (Å²) < 4.78 is 0. The van der Waals surface area contributed by atoms with Gasteiger partial charge in [0.15, 0.2) is 5.96 Å². The van der Waals surface area contributed by atoms with Crippen LogP contribution in [0, 0.1) is 0 Å². The second-order valence-electron chi connectivity index (χ2n) is 5.96. The van der Waals surface area contributed by atoms with Crippen LogP contribution in [0.1, 0.15) is 39.5 Å². The molecule has 1 aromatic rings. The maximum Gasteiger partial charge on any atom is 0.194 e. The second-order valence-corrected chi connectivity index (χ2v) is 5.96. The first-order chi connectivity index (χ1) is 11.3. The third kappa shape index (κ3) is 6.83. The predicted octanol–water partition coefficient (Wildman–Crippen LogP) is 3.37. The lowest BCUT2D eigenvalue weighted by molar-refractivity contribution is 0.371. The van der Waals surface area contributed by atoms with Gasteiger partial charge in [-0.1, -0.05) is 32.3 Å². The van der Waals surface area contributed by atoms with Gasteiger partial charge in [-0.3, -0.25) is 4.99 Å². The van der Waals surface area contributed by atoms with Crippen LogP contribution in [0.2, 0.25) is 0 Å². The highest BCUT2D eigenvalue weighted by molar-refractivity contribution is 14.0. The van der Waals surface area contributed by atoms with Crippen LogP contribution < -0.4 is 10.2 Å². The van der Waals surface area contributed by atoms with Gasteiger partial charge in [-0.2, -0.15) is 0 Å². The molecule has 0 bridgehead atoms. The molecular weight excluding hydrogens is 413 g/mol. The number of guanidine groups is 1. The Hall–Kier alpha value is -1.05. The Bertz CT molecular complexity index is 458. The third-order valence-electron chi connectivity index (χ3n) is 4.16. The first kappa shape index (κ1) is 21.0. The highest BCUT2D eigenvalue weighted by Gasteiger charge is 2.20. The normalized spacial score (nSPS) is 15.2. The first-order valence-electron chi connectivity index (χ1n) is 9.04. The molecule has 2 heterocycles. The lowest BCUT2D eigenvalue weighted by Crippen LogP contribution is -2.52. The number of hydrogen-bond acceptors (Lipinski definition) is 3. The Morgan fingerprint density at radius 1 is 1.12 bits per heavy atom. The average molecular weight is 445 g/mol. The summed E-state index contributed by atoms with van der Waals surface area (Å²) >= 11 is 0. The largest absolute Gasteiger partial charge is 0.357 e. The number of aromatic nitrogens is 1. The number of hydrogen-bond donors (Lipinski definition) is 1. The van der Waals surface area contributed by atoms with Crippen LogP contribution in [-0.4, -0.2) is 55.1 Å². The molecule has 0 saturated carbocycles. The smallest absolute Gasteiger partial charge is 0.194 e. The molecule has 1 fully saturated rings. The van der Waals surface area contributed by atoms with Gasteiger partial charge < -0.3 is 15.1 Å². The van der Waals surface area contributed by atoms with Gasteiger partial charge in [-0.15, -0.1) is 24.0 Å². The minimum atomic E-state index is 0. The Morgan fingerprint density at radius 3 is 2.54 bits per heavy atom. The van der Waals surface area contributed by atoms with E-state index in [2.05, 4.69) is 46.1 Å². The molecule has 0 atom stereocenters. The molecule has 0 aliphatic carbocycles. The van der Waals surface area contributed by atoms with Crippen LogP contribution in [0.15, 0.2) is 29.4 Å². The summed E-state index contributed by atoms with van der Waals surface area (Å²) in [5, 5.41) is 3.44. The summed E-state index contributed by atoms with van der Waals surface area (Å²) in [4.78, 5) is 14.0. The fourth-order valence-corrected chi connectivity index (χ4v) is 2.84. The van der Waals surface area contributed by atoms with Crippen LogP contribution in [-0.2, 0) is 0 Å². The van der Waals surface area contributed by atoms with Crippen LogP contribution in [0.5, 0.6) is 0 Å². The number of piperazine rings is 1. The molecule has 0 radical (unpaired) electrons.